The van der Waals surface area contributed by atoms with Crippen molar-refractivity contribution in [1.82, 2.24) is 5.32 Å². The van der Waals surface area contributed by atoms with Crippen molar-refractivity contribution < 1.29 is 17.9 Å². The second kappa shape index (κ2) is 5.99. The molecule has 0 bridgehead atoms. The summed E-state index contributed by atoms with van der Waals surface area (Å²) in [6, 6.07) is 1.62. The summed E-state index contributed by atoms with van der Waals surface area (Å²) in [5, 5.41) is 9.16. The third-order valence-corrected chi connectivity index (χ3v) is 3.69. The van der Waals surface area contributed by atoms with Crippen molar-refractivity contribution in [3.05, 3.63) is 16.3 Å². The fourth-order valence-corrected chi connectivity index (χ4v) is 2.42. The summed E-state index contributed by atoms with van der Waals surface area (Å²) in [5.74, 6) is 0.249. The maximum Gasteiger partial charge on any atom is 0.261 e. The minimum atomic E-state index is -3.46. The molecule has 0 aliphatic carbocycles. The fourth-order valence-electron chi connectivity index (χ4n) is 1.11. The molecule has 8 heteroatoms. The molecular formula is C9H14N2O4S2. The van der Waals surface area contributed by atoms with E-state index in [-0.39, 0.29) is 18.2 Å². The molecule has 0 saturated carbocycles. The number of hydrogen-bond acceptors (Lipinski definition) is 5. The van der Waals surface area contributed by atoms with Gasteiger partial charge in [-0.15, -0.1) is 11.3 Å². The Labute approximate surface area is 104 Å². The Hall–Kier alpha value is -1.12. The summed E-state index contributed by atoms with van der Waals surface area (Å²) >= 11 is 1.27. The quantitative estimate of drug-likeness (QED) is 0.724. The second-order valence-electron chi connectivity index (χ2n) is 3.33. The van der Waals surface area contributed by atoms with Crippen LogP contribution in [-0.2, 0) is 10.0 Å². The summed E-state index contributed by atoms with van der Waals surface area (Å²) in [7, 11) is -1.93. The zero-order valence-electron chi connectivity index (χ0n) is 9.30. The highest BCUT2D eigenvalue weighted by atomic mass is 32.2. The molecule has 0 saturated heterocycles. The van der Waals surface area contributed by atoms with Gasteiger partial charge in [-0.3, -0.25) is 4.79 Å². The molecule has 1 aromatic rings. The van der Waals surface area contributed by atoms with Crippen LogP contribution in [0.15, 0.2) is 11.4 Å². The molecule has 1 amide bonds. The minimum absolute atomic E-state index is 0.138. The highest BCUT2D eigenvalue weighted by Gasteiger charge is 2.09. The van der Waals surface area contributed by atoms with Gasteiger partial charge in [0.25, 0.3) is 5.91 Å². The minimum Gasteiger partial charge on any atom is -0.496 e. The van der Waals surface area contributed by atoms with Crippen LogP contribution >= 0.6 is 11.3 Å². The van der Waals surface area contributed by atoms with E-state index in [1.54, 1.807) is 11.4 Å². The number of nitrogens with two attached hydrogens (primary N) is 1. The summed E-state index contributed by atoms with van der Waals surface area (Å²) < 4.78 is 26.2. The number of ether oxygens (including phenoxy) is 1. The van der Waals surface area contributed by atoms with Gasteiger partial charge in [0.1, 0.15) is 5.75 Å². The van der Waals surface area contributed by atoms with Crippen molar-refractivity contribution in [3.63, 3.8) is 0 Å². The van der Waals surface area contributed by atoms with Crippen LogP contribution < -0.4 is 15.2 Å². The molecule has 6 nitrogen and oxygen atoms in total. The van der Waals surface area contributed by atoms with Crippen molar-refractivity contribution in [3.8, 4) is 5.75 Å². The van der Waals surface area contributed by atoms with Crippen LogP contribution in [0.1, 0.15) is 16.1 Å². The molecule has 0 fully saturated rings. The Bertz CT molecular complexity index is 481. The number of rotatable bonds is 6. The van der Waals surface area contributed by atoms with Crippen molar-refractivity contribution >= 4 is 27.3 Å². The maximum atomic E-state index is 11.6. The average molecular weight is 278 g/mol. The predicted molar refractivity (Wildman–Crippen MR) is 65.8 cm³/mol. The molecule has 96 valence electrons. The maximum absolute atomic E-state index is 11.6. The SMILES string of the molecule is COc1csc(C(=O)NCCCS(N)(=O)=O)c1. The van der Waals surface area contributed by atoms with Crippen LogP contribution in [-0.4, -0.2) is 33.7 Å². The van der Waals surface area contributed by atoms with Crippen LogP contribution in [0.5, 0.6) is 5.75 Å². The average Bonchev–Trinajstić information content (AvgIpc) is 2.71. The lowest BCUT2D eigenvalue weighted by Crippen LogP contribution is -2.26. The van der Waals surface area contributed by atoms with E-state index in [2.05, 4.69) is 5.32 Å². The Morgan fingerprint density at radius 3 is 2.82 bits per heavy atom. The first kappa shape index (κ1) is 13.9. The number of sulfonamides is 1. The number of primary sulfonamides is 1. The molecule has 17 heavy (non-hydrogen) atoms. The van der Waals surface area contributed by atoms with E-state index < -0.39 is 10.0 Å². The number of hydrogen-bond donors (Lipinski definition) is 2. The monoisotopic (exact) mass is 278 g/mol. The highest BCUT2D eigenvalue weighted by Crippen LogP contribution is 2.20. The van der Waals surface area contributed by atoms with Gasteiger partial charge in [-0.05, 0) is 6.42 Å². The van der Waals surface area contributed by atoms with E-state index in [1.165, 1.54) is 18.4 Å². The third kappa shape index (κ3) is 5.16. The standard InChI is InChI=1S/C9H14N2O4S2/c1-15-7-5-8(16-6-7)9(12)11-3-2-4-17(10,13)14/h5-6H,2-4H2,1H3,(H,11,12)(H2,10,13,14). The van der Waals surface area contributed by atoms with Crippen LogP contribution in [0.2, 0.25) is 0 Å². The van der Waals surface area contributed by atoms with E-state index in [4.69, 9.17) is 9.88 Å². The van der Waals surface area contributed by atoms with Gasteiger partial charge in [0.2, 0.25) is 10.0 Å². The number of thiophene rings is 1. The van der Waals surface area contributed by atoms with Gasteiger partial charge >= 0.3 is 0 Å². The molecule has 0 aliphatic heterocycles. The molecule has 0 spiro atoms. The van der Waals surface area contributed by atoms with Crippen LogP contribution in [0.4, 0.5) is 0 Å². The Kier molecular flexibility index (Phi) is 4.91. The van der Waals surface area contributed by atoms with Crippen molar-refractivity contribution in [2.75, 3.05) is 19.4 Å². The van der Waals surface area contributed by atoms with Gasteiger partial charge in [-0.2, -0.15) is 0 Å². The van der Waals surface area contributed by atoms with Gasteiger partial charge in [0.05, 0.1) is 17.7 Å². The normalized spacial score (nSPS) is 11.2. The fraction of sp³-hybridized carbons (Fsp3) is 0.444. The molecule has 0 radical (unpaired) electrons. The molecular weight excluding hydrogens is 264 g/mol. The zero-order valence-corrected chi connectivity index (χ0v) is 10.9. The lowest BCUT2D eigenvalue weighted by Gasteiger charge is -2.02. The summed E-state index contributed by atoms with van der Waals surface area (Å²) in [6.45, 7) is 0.273. The van der Waals surface area contributed by atoms with Gasteiger partial charge in [0, 0.05) is 18.0 Å². The molecule has 1 rings (SSSR count). The van der Waals surface area contributed by atoms with Crippen molar-refractivity contribution in [2.24, 2.45) is 5.14 Å². The molecule has 3 N–H and O–H groups in total. The van der Waals surface area contributed by atoms with Gasteiger partial charge < -0.3 is 10.1 Å². The second-order valence-corrected chi connectivity index (χ2v) is 5.97. The van der Waals surface area contributed by atoms with Crippen LogP contribution in [0.3, 0.4) is 0 Å². The molecule has 0 aromatic carbocycles. The summed E-state index contributed by atoms with van der Waals surface area (Å²) in [5.41, 5.74) is 0. The number of carbonyl (C=O) groups is 1. The first-order valence-electron chi connectivity index (χ1n) is 4.83. The Balaban J connectivity index is 2.35. The number of nitrogens with one attached hydrogen (secondary N) is 1. The smallest absolute Gasteiger partial charge is 0.261 e. The van der Waals surface area contributed by atoms with E-state index in [9.17, 15) is 13.2 Å². The largest absolute Gasteiger partial charge is 0.496 e. The van der Waals surface area contributed by atoms with E-state index in [1.807, 2.05) is 0 Å². The molecule has 1 heterocycles. The Morgan fingerprint density at radius 2 is 2.29 bits per heavy atom. The molecule has 0 unspecified atom stereocenters. The molecule has 0 atom stereocenters. The highest BCUT2D eigenvalue weighted by molar-refractivity contribution is 7.89. The van der Waals surface area contributed by atoms with E-state index in [0.717, 1.165) is 0 Å². The zero-order chi connectivity index (χ0) is 12.9. The molecule has 1 aromatic heterocycles. The van der Waals surface area contributed by atoms with Crippen LogP contribution in [0, 0.1) is 0 Å². The third-order valence-electron chi connectivity index (χ3n) is 1.93. The predicted octanol–water partition coefficient (Wildman–Crippen LogP) is 0.165. The van der Waals surface area contributed by atoms with Gasteiger partial charge in [0.15, 0.2) is 0 Å². The summed E-state index contributed by atoms with van der Waals surface area (Å²) in [6.07, 6.45) is 0.299. The number of amides is 1. The number of methoxy groups -OCH3 is 1. The first-order chi connectivity index (χ1) is 7.92. The first-order valence-corrected chi connectivity index (χ1v) is 7.43. The van der Waals surface area contributed by atoms with E-state index >= 15 is 0 Å². The Morgan fingerprint density at radius 1 is 1.59 bits per heavy atom. The molecule has 0 aliphatic rings. The lowest BCUT2D eigenvalue weighted by molar-refractivity contribution is 0.0957. The van der Waals surface area contributed by atoms with Gasteiger partial charge in [-0.25, -0.2) is 13.6 Å². The topological polar surface area (TPSA) is 98.5 Å². The lowest BCUT2D eigenvalue weighted by atomic mass is 10.4. The number of carbonyl (C=O) groups excluding carboxylic acids is 1. The van der Waals surface area contributed by atoms with Crippen molar-refractivity contribution in [2.45, 2.75) is 6.42 Å². The summed E-state index contributed by atoms with van der Waals surface area (Å²) in [4.78, 5) is 12.1. The van der Waals surface area contributed by atoms with Crippen molar-refractivity contribution in [1.29, 1.82) is 0 Å². The van der Waals surface area contributed by atoms with Crippen LogP contribution in [0.25, 0.3) is 0 Å². The van der Waals surface area contributed by atoms with Gasteiger partial charge in [-0.1, -0.05) is 0 Å². The van der Waals surface area contributed by atoms with E-state index in [0.29, 0.717) is 17.0 Å².